The summed E-state index contributed by atoms with van der Waals surface area (Å²) in [5.74, 6) is -0.587. The van der Waals surface area contributed by atoms with Crippen LogP contribution in [0.4, 0.5) is 0 Å². The molecule has 1 heterocycles. The number of hydrogen-bond donors (Lipinski definition) is 1. The van der Waals surface area contributed by atoms with Crippen LogP contribution in [-0.2, 0) is 9.53 Å². The maximum Gasteiger partial charge on any atom is 0.234 e. The van der Waals surface area contributed by atoms with Crippen molar-refractivity contribution in [2.75, 3.05) is 6.61 Å². The first-order chi connectivity index (χ1) is 8.52. The summed E-state index contributed by atoms with van der Waals surface area (Å²) in [5, 5.41) is 9.91. The highest BCUT2D eigenvalue weighted by Crippen LogP contribution is 2.40. The molecular weight excluding hydrogens is 232 g/mol. The molecule has 2 aliphatic rings. The third-order valence-corrected chi connectivity index (χ3v) is 3.53. The number of aliphatic hydroxyl groups is 1. The van der Waals surface area contributed by atoms with Crippen molar-refractivity contribution in [3.05, 3.63) is 40.0 Å². The van der Waals surface area contributed by atoms with Crippen LogP contribution in [0, 0.1) is 6.92 Å². The van der Waals surface area contributed by atoms with Crippen molar-refractivity contribution >= 4 is 17.3 Å². The van der Waals surface area contributed by atoms with E-state index in [-0.39, 0.29) is 6.61 Å². The molecule has 1 atom stereocenters. The third kappa shape index (κ3) is 1.24. The standard InChI is InChI=1S/C14H12O4/c1-6-3-4-8-9(15)5-18-14-7(2)12(16)13(17)10(6)11(8)14/h3-4,9,15H,5H2,1-2H3. The molecule has 0 amide bonds. The van der Waals surface area contributed by atoms with Gasteiger partial charge in [-0.15, -0.1) is 0 Å². The van der Waals surface area contributed by atoms with Gasteiger partial charge in [-0.3, -0.25) is 9.59 Å². The van der Waals surface area contributed by atoms with E-state index in [1.807, 2.05) is 0 Å². The lowest BCUT2D eigenvalue weighted by molar-refractivity contribution is -0.112. The highest BCUT2D eigenvalue weighted by atomic mass is 16.5. The molecule has 4 nitrogen and oxygen atoms in total. The number of ketones is 2. The van der Waals surface area contributed by atoms with Crippen molar-refractivity contribution in [1.29, 1.82) is 0 Å². The zero-order valence-corrected chi connectivity index (χ0v) is 10.1. The molecule has 92 valence electrons. The summed E-state index contributed by atoms with van der Waals surface area (Å²) in [7, 11) is 0. The quantitative estimate of drug-likeness (QED) is 0.703. The number of Topliss-reactive ketones (excluding diaryl/α,β-unsaturated/α-hetero) is 2. The molecule has 0 aromatic heterocycles. The first kappa shape index (κ1) is 11.2. The molecule has 1 aromatic carbocycles. The first-order valence-corrected chi connectivity index (χ1v) is 5.77. The maximum atomic E-state index is 12.1. The number of ether oxygens (including phenoxy) is 1. The lowest BCUT2D eigenvalue weighted by Crippen LogP contribution is -2.29. The van der Waals surface area contributed by atoms with Crippen LogP contribution in [0.3, 0.4) is 0 Å². The molecule has 0 spiro atoms. The molecule has 0 radical (unpaired) electrons. The minimum Gasteiger partial charge on any atom is -0.489 e. The molecule has 3 rings (SSSR count). The molecular formula is C14H12O4. The van der Waals surface area contributed by atoms with Gasteiger partial charge in [-0.05, 0) is 25.0 Å². The van der Waals surface area contributed by atoms with Crippen molar-refractivity contribution in [2.24, 2.45) is 0 Å². The summed E-state index contributed by atoms with van der Waals surface area (Å²) in [4.78, 5) is 23.9. The average molecular weight is 244 g/mol. The lowest BCUT2D eigenvalue weighted by Gasteiger charge is -2.30. The van der Waals surface area contributed by atoms with Crippen LogP contribution in [-0.4, -0.2) is 23.3 Å². The van der Waals surface area contributed by atoms with E-state index in [4.69, 9.17) is 4.74 Å². The van der Waals surface area contributed by atoms with Crippen LogP contribution in [0.15, 0.2) is 17.7 Å². The van der Waals surface area contributed by atoms with Gasteiger partial charge >= 0.3 is 0 Å². The Morgan fingerprint density at radius 3 is 2.61 bits per heavy atom. The summed E-state index contributed by atoms with van der Waals surface area (Å²) >= 11 is 0. The Balaban J connectivity index is 2.44. The number of hydrogen-bond acceptors (Lipinski definition) is 4. The van der Waals surface area contributed by atoms with Crippen molar-refractivity contribution in [1.82, 2.24) is 0 Å². The lowest BCUT2D eigenvalue weighted by atomic mass is 9.81. The van der Waals surface area contributed by atoms with Crippen LogP contribution >= 0.6 is 0 Å². The number of carbonyl (C=O) groups is 2. The smallest absolute Gasteiger partial charge is 0.234 e. The van der Waals surface area contributed by atoms with Gasteiger partial charge in [0.05, 0.1) is 0 Å². The Kier molecular flexibility index (Phi) is 2.19. The first-order valence-electron chi connectivity index (χ1n) is 5.77. The van der Waals surface area contributed by atoms with Gasteiger partial charge in [0.25, 0.3) is 0 Å². The van der Waals surface area contributed by atoms with Gasteiger partial charge in [0.1, 0.15) is 18.5 Å². The van der Waals surface area contributed by atoms with E-state index in [1.54, 1.807) is 26.0 Å². The zero-order chi connectivity index (χ0) is 13.0. The van der Waals surface area contributed by atoms with Gasteiger partial charge in [0, 0.05) is 16.7 Å². The fraction of sp³-hybridized carbons (Fsp3) is 0.286. The molecule has 18 heavy (non-hydrogen) atoms. The van der Waals surface area contributed by atoms with E-state index in [0.717, 1.165) is 5.56 Å². The predicted octanol–water partition coefficient (Wildman–Crippen LogP) is 1.56. The molecule has 1 aliphatic heterocycles. The largest absolute Gasteiger partial charge is 0.489 e. The van der Waals surface area contributed by atoms with Gasteiger partial charge in [0.15, 0.2) is 0 Å². The van der Waals surface area contributed by atoms with E-state index in [2.05, 4.69) is 0 Å². The van der Waals surface area contributed by atoms with Crippen molar-refractivity contribution in [2.45, 2.75) is 20.0 Å². The Hall–Kier alpha value is -1.94. The summed E-state index contributed by atoms with van der Waals surface area (Å²) in [6.07, 6.45) is -0.753. The minimum absolute atomic E-state index is 0.115. The molecule has 1 unspecified atom stereocenters. The maximum absolute atomic E-state index is 12.1. The molecule has 4 heteroatoms. The number of benzene rings is 1. The van der Waals surface area contributed by atoms with Gasteiger partial charge in [0.2, 0.25) is 11.6 Å². The Labute approximate surface area is 104 Å². The molecule has 0 bridgehead atoms. The minimum atomic E-state index is -0.753. The number of rotatable bonds is 0. The average Bonchev–Trinajstić information content (AvgIpc) is 2.35. The second-order valence-corrected chi connectivity index (χ2v) is 4.66. The highest BCUT2D eigenvalue weighted by molar-refractivity contribution is 6.52. The molecule has 1 N–H and O–H groups in total. The molecule has 0 saturated heterocycles. The van der Waals surface area contributed by atoms with Gasteiger partial charge < -0.3 is 9.84 Å². The van der Waals surface area contributed by atoms with E-state index >= 15 is 0 Å². The van der Waals surface area contributed by atoms with Gasteiger partial charge in [-0.2, -0.15) is 0 Å². The van der Waals surface area contributed by atoms with Crippen molar-refractivity contribution in [3.8, 4) is 0 Å². The number of aryl methyl sites for hydroxylation is 1. The summed E-state index contributed by atoms with van der Waals surface area (Å²) in [6, 6.07) is 3.55. The van der Waals surface area contributed by atoms with E-state index in [0.29, 0.717) is 28.0 Å². The second kappa shape index (κ2) is 3.53. The van der Waals surface area contributed by atoms with E-state index in [1.165, 1.54) is 0 Å². The van der Waals surface area contributed by atoms with Crippen molar-refractivity contribution in [3.63, 3.8) is 0 Å². The fourth-order valence-corrected chi connectivity index (χ4v) is 2.54. The fourth-order valence-electron chi connectivity index (χ4n) is 2.54. The molecule has 0 fully saturated rings. The Morgan fingerprint density at radius 2 is 1.89 bits per heavy atom. The molecule has 1 aromatic rings. The van der Waals surface area contributed by atoms with Crippen LogP contribution < -0.4 is 0 Å². The van der Waals surface area contributed by atoms with Crippen LogP contribution in [0.5, 0.6) is 0 Å². The summed E-state index contributed by atoms with van der Waals surface area (Å²) in [5.41, 5.74) is 2.69. The van der Waals surface area contributed by atoms with E-state index in [9.17, 15) is 14.7 Å². The second-order valence-electron chi connectivity index (χ2n) is 4.66. The Bertz CT molecular complexity index is 625. The number of aliphatic hydroxyl groups excluding tert-OH is 1. The number of carbonyl (C=O) groups excluding carboxylic acids is 2. The van der Waals surface area contributed by atoms with Gasteiger partial charge in [-0.25, -0.2) is 0 Å². The third-order valence-electron chi connectivity index (χ3n) is 3.53. The van der Waals surface area contributed by atoms with Gasteiger partial charge in [-0.1, -0.05) is 12.1 Å². The SMILES string of the molecule is CC1=C2OCC(O)c3ccc(C)c(c32)C(=O)C1=O. The monoisotopic (exact) mass is 244 g/mol. The van der Waals surface area contributed by atoms with Crippen LogP contribution in [0.25, 0.3) is 5.76 Å². The normalized spacial score (nSPS) is 21.8. The predicted molar refractivity (Wildman–Crippen MR) is 64.0 cm³/mol. The summed E-state index contributed by atoms with van der Waals surface area (Å²) in [6.45, 7) is 3.48. The van der Waals surface area contributed by atoms with Crippen LogP contribution in [0.2, 0.25) is 0 Å². The highest BCUT2D eigenvalue weighted by Gasteiger charge is 2.38. The summed E-state index contributed by atoms with van der Waals surface area (Å²) < 4.78 is 5.44. The van der Waals surface area contributed by atoms with Crippen molar-refractivity contribution < 1.29 is 19.4 Å². The molecule has 1 aliphatic carbocycles. The topological polar surface area (TPSA) is 63.6 Å². The zero-order valence-electron chi connectivity index (χ0n) is 10.1. The Morgan fingerprint density at radius 1 is 1.17 bits per heavy atom. The number of allylic oxidation sites excluding steroid dienone is 1. The van der Waals surface area contributed by atoms with Crippen LogP contribution in [0.1, 0.15) is 40.1 Å². The van der Waals surface area contributed by atoms with E-state index < -0.39 is 17.7 Å². The molecule has 0 saturated carbocycles.